The molecule has 0 aromatic rings. The average molecular weight is 193 g/mol. The van der Waals surface area contributed by atoms with Crippen LogP contribution < -0.4 is 11.3 Å². The fourth-order valence-corrected chi connectivity index (χ4v) is 2.69. The largest absolute Gasteiger partial charge is 0.290 e. The van der Waals surface area contributed by atoms with Gasteiger partial charge in [-0.2, -0.15) is 5.01 Å². The van der Waals surface area contributed by atoms with E-state index in [1.807, 2.05) is 6.08 Å². The molecule has 0 aromatic heterocycles. The Hall–Kier alpha value is -1.36. The van der Waals surface area contributed by atoms with Gasteiger partial charge in [0.25, 0.3) is 5.91 Å². The van der Waals surface area contributed by atoms with Crippen LogP contribution in [0.5, 0.6) is 0 Å². The van der Waals surface area contributed by atoms with E-state index in [9.17, 15) is 4.79 Å². The van der Waals surface area contributed by atoms with Crippen molar-refractivity contribution >= 4 is 11.6 Å². The van der Waals surface area contributed by atoms with Crippen LogP contribution in [0.3, 0.4) is 0 Å². The summed E-state index contributed by atoms with van der Waals surface area (Å²) in [5.41, 5.74) is 4.16. The Bertz CT molecular complexity index is 371. The van der Waals surface area contributed by atoms with Crippen LogP contribution in [-0.4, -0.2) is 40.9 Å². The lowest BCUT2D eigenvalue weighted by atomic mass is 9.96. The number of nitrogens with one attached hydrogen (secondary N) is 1. The van der Waals surface area contributed by atoms with Gasteiger partial charge in [0.05, 0.1) is 19.0 Å². The standard InChI is InChI=1S/C9H12N4O/c10-11-9(14)7-2-4-13-8(7)6-1-3-12(13)5-6/h2,6H,1,3-5,10H2/p+1. The highest BCUT2D eigenvalue weighted by molar-refractivity contribution is 6.21. The van der Waals surface area contributed by atoms with E-state index >= 15 is 0 Å². The van der Waals surface area contributed by atoms with Crippen molar-refractivity contribution in [1.82, 2.24) is 10.4 Å². The highest BCUT2D eigenvalue weighted by Crippen LogP contribution is 2.31. The van der Waals surface area contributed by atoms with E-state index in [-0.39, 0.29) is 5.91 Å². The van der Waals surface area contributed by atoms with E-state index in [1.54, 1.807) is 0 Å². The van der Waals surface area contributed by atoms with Gasteiger partial charge in [-0.25, -0.2) is 5.84 Å². The zero-order valence-corrected chi connectivity index (χ0v) is 7.86. The van der Waals surface area contributed by atoms with Gasteiger partial charge in [-0.15, -0.1) is 4.68 Å². The second-order valence-electron chi connectivity index (χ2n) is 3.96. The number of hydrazine groups is 2. The molecule has 2 bridgehead atoms. The molecule has 5 nitrogen and oxygen atoms in total. The molecule has 74 valence electrons. The van der Waals surface area contributed by atoms with E-state index in [1.165, 1.54) is 12.1 Å². The van der Waals surface area contributed by atoms with E-state index < -0.39 is 0 Å². The van der Waals surface area contributed by atoms with E-state index in [0.29, 0.717) is 5.92 Å². The third-order valence-electron chi connectivity index (χ3n) is 3.29. The minimum absolute atomic E-state index is 0.156. The number of hydrogen-bond acceptors (Lipinski definition) is 3. The number of rotatable bonds is 1. The second-order valence-corrected chi connectivity index (χ2v) is 3.96. The van der Waals surface area contributed by atoms with E-state index in [2.05, 4.69) is 15.1 Å². The molecule has 0 aromatic carbocycles. The number of fused-ring (bicyclic) bond motifs is 4. The van der Waals surface area contributed by atoms with Gasteiger partial charge < -0.3 is 0 Å². The maximum absolute atomic E-state index is 11.5. The van der Waals surface area contributed by atoms with Crippen LogP contribution in [0.15, 0.2) is 11.6 Å². The Morgan fingerprint density at radius 2 is 2.57 bits per heavy atom. The fraction of sp³-hybridized carbons (Fsp3) is 0.556. The Labute approximate surface area is 81.8 Å². The molecule has 1 amide bonds. The van der Waals surface area contributed by atoms with Crippen molar-refractivity contribution in [2.24, 2.45) is 11.8 Å². The van der Waals surface area contributed by atoms with Gasteiger partial charge in [-0.3, -0.25) is 10.2 Å². The molecule has 0 spiro atoms. The Kier molecular flexibility index (Phi) is 1.47. The molecular formula is C9H13N4O+. The first-order valence-corrected chi connectivity index (χ1v) is 4.92. The summed E-state index contributed by atoms with van der Waals surface area (Å²) in [6.45, 7) is 3.03. The molecule has 3 rings (SSSR count). The molecule has 14 heavy (non-hydrogen) atoms. The first kappa shape index (κ1) is 7.99. The smallest absolute Gasteiger partial charge is 0.271 e. The van der Waals surface area contributed by atoms with Crippen LogP contribution in [-0.2, 0) is 4.79 Å². The van der Waals surface area contributed by atoms with Gasteiger partial charge in [0, 0.05) is 6.08 Å². The molecule has 1 unspecified atom stereocenters. The summed E-state index contributed by atoms with van der Waals surface area (Å²) >= 11 is 0. The van der Waals surface area contributed by atoms with Crippen LogP contribution in [0, 0.1) is 5.92 Å². The Balaban J connectivity index is 1.97. The average Bonchev–Trinajstić information content (AvgIpc) is 2.87. The van der Waals surface area contributed by atoms with Crippen molar-refractivity contribution in [2.45, 2.75) is 6.42 Å². The van der Waals surface area contributed by atoms with Gasteiger partial charge >= 0.3 is 0 Å². The normalized spacial score (nSPS) is 28.2. The lowest BCUT2D eigenvalue weighted by Gasteiger charge is -2.11. The molecule has 5 heteroatoms. The SMILES string of the molecule is NNC(=O)C1=CC[N+]2=C1C1CCN2C1. The van der Waals surface area contributed by atoms with Gasteiger partial charge in [0.2, 0.25) is 5.71 Å². The molecule has 3 N–H and O–H groups in total. The Morgan fingerprint density at radius 1 is 1.71 bits per heavy atom. The number of nitrogens with zero attached hydrogens (tertiary/aromatic N) is 2. The van der Waals surface area contributed by atoms with Crippen LogP contribution in [0.2, 0.25) is 0 Å². The monoisotopic (exact) mass is 193 g/mol. The second kappa shape index (κ2) is 2.57. The summed E-state index contributed by atoms with van der Waals surface area (Å²) in [5, 5.41) is 2.31. The predicted molar refractivity (Wildman–Crippen MR) is 50.2 cm³/mol. The zero-order valence-electron chi connectivity index (χ0n) is 7.86. The fourth-order valence-electron chi connectivity index (χ4n) is 2.69. The van der Waals surface area contributed by atoms with Crippen LogP contribution >= 0.6 is 0 Å². The lowest BCUT2D eigenvalue weighted by molar-refractivity contribution is -0.670. The number of nitrogens with two attached hydrogens (primary N) is 1. The predicted octanol–water partition coefficient (Wildman–Crippen LogP) is -1.38. The number of carbonyl (C=O) groups is 1. The third kappa shape index (κ3) is 0.824. The van der Waals surface area contributed by atoms with Crippen molar-refractivity contribution in [2.75, 3.05) is 19.6 Å². The molecule has 1 fully saturated rings. The van der Waals surface area contributed by atoms with Crippen molar-refractivity contribution in [3.8, 4) is 0 Å². The lowest BCUT2D eigenvalue weighted by Crippen LogP contribution is -2.37. The van der Waals surface area contributed by atoms with E-state index in [0.717, 1.165) is 25.2 Å². The third-order valence-corrected chi connectivity index (χ3v) is 3.29. The summed E-state index contributed by atoms with van der Waals surface area (Å²) in [6, 6.07) is 0. The van der Waals surface area contributed by atoms with Crippen molar-refractivity contribution in [1.29, 1.82) is 0 Å². The van der Waals surface area contributed by atoms with Crippen LogP contribution in [0.1, 0.15) is 6.42 Å². The molecule has 0 saturated carbocycles. The topological polar surface area (TPSA) is 61.4 Å². The first-order valence-electron chi connectivity index (χ1n) is 4.92. The summed E-state index contributed by atoms with van der Waals surface area (Å²) in [4.78, 5) is 11.5. The highest BCUT2D eigenvalue weighted by atomic mass is 16.2. The molecule has 3 heterocycles. The molecule has 3 aliphatic heterocycles. The van der Waals surface area contributed by atoms with Crippen LogP contribution in [0.4, 0.5) is 0 Å². The summed E-state index contributed by atoms with van der Waals surface area (Å²) < 4.78 is 2.21. The number of carbonyl (C=O) groups excluding carboxylic acids is 1. The number of amides is 1. The molecule has 0 radical (unpaired) electrons. The van der Waals surface area contributed by atoms with Gasteiger partial charge in [-0.05, 0) is 6.42 Å². The molecule has 3 aliphatic rings. The minimum atomic E-state index is -0.156. The maximum atomic E-state index is 11.5. The van der Waals surface area contributed by atoms with Crippen molar-refractivity contribution < 1.29 is 9.48 Å². The zero-order chi connectivity index (χ0) is 9.71. The molecule has 1 atom stereocenters. The van der Waals surface area contributed by atoms with Gasteiger partial charge in [0.1, 0.15) is 5.57 Å². The molecular weight excluding hydrogens is 180 g/mol. The van der Waals surface area contributed by atoms with Crippen molar-refractivity contribution in [3.63, 3.8) is 0 Å². The van der Waals surface area contributed by atoms with E-state index in [4.69, 9.17) is 5.84 Å². The molecule has 1 saturated heterocycles. The number of hydrogen-bond donors (Lipinski definition) is 2. The van der Waals surface area contributed by atoms with Crippen LogP contribution in [0.25, 0.3) is 0 Å². The summed E-state index contributed by atoms with van der Waals surface area (Å²) in [6.07, 6.45) is 3.13. The highest BCUT2D eigenvalue weighted by Gasteiger charge is 2.49. The van der Waals surface area contributed by atoms with Gasteiger partial charge in [0.15, 0.2) is 6.54 Å². The first-order chi connectivity index (χ1) is 6.81. The number of hydrazone groups is 1. The van der Waals surface area contributed by atoms with Crippen molar-refractivity contribution in [3.05, 3.63) is 11.6 Å². The summed E-state index contributed by atoms with van der Waals surface area (Å²) in [5.74, 6) is 5.53. The quantitative estimate of drug-likeness (QED) is 0.233. The van der Waals surface area contributed by atoms with Gasteiger partial charge in [-0.1, -0.05) is 0 Å². The molecule has 0 aliphatic carbocycles. The minimum Gasteiger partial charge on any atom is -0.290 e. The maximum Gasteiger partial charge on any atom is 0.271 e. The summed E-state index contributed by atoms with van der Waals surface area (Å²) in [7, 11) is 0. The Morgan fingerprint density at radius 3 is 3.36 bits per heavy atom.